The van der Waals surface area contributed by atoms with Gasteiger partial charge >= 0.3 is 11.9 Å². The molecule has 0 bridgehead atoms. The topological polar surface area (TPSA) is 118 Å². The molecular weight excluding hydrogens is 599 g/mol. The van der Waals surface area contributed by atoms with E-state index in [9.17, 15) is 22.8 Å². The molecule has 1 atom stereocenters. The minimum atomic E-state index is -4.24. The first-order chi connectivity index (χ1) is 22.0. The van der Waals surface area contributed by atoms with Gasteiger partial charge in [0.15, 0.2) is 17.3 Å². The van der Waals surface area contributed by atoms with Crippen LogP contribution < -0.4 is 26.8 Å². The van der Waals surface area contributed by atoms with Gasteiger partial charge in [-0.2, -0.15) is 18.2 Å². The molecule has 4 heterocycles. The molecule has 4 N–H and O–H groups in total. The Labute approximate surface area is 267 Å². The van der Waals surface area contributed by atoms with E-state index >= 15 is 0 Å². The van der Waals surface area contributed by atoms with Crippen molar-refractivity contribution in [1.29, 1.82) is 0 Å². The van der Waals surface area contributed by atoms with Gasteiger partial charge in [0.25, 0.3) is 0 Å². The van der Waals surface area contributed by atoms with Gasteiger partial charge in [0.2, 0.25) is 5.91 Å². The molecule has 2 saturated heterocycles. The van der Waals surface area contributed by atoms with Crippen molar-refractivity contribution in [3.05, 3.63) is 40.4 Å². The Morgan fingerprint density at radius 2 is 1.80 bits per heavy atom. The first-order valence-electron chi connectivity index (χ1n) is 16.8. The lowest BCUT2D eigenvalue weighted by atomic mass is 9.89. The number of hydrogen-bond acceptors (Lipinski definition) is 8. The molecule has 0 spiro atoms. The van der Waals surface area contributed by atoms with E-state index in [0.29, 0.717) is 17.3 Å². The fourth-order valence-corrected chi connectivity index (χ4v) is 7.57. The lowest BCUT2D eigenvalue weighted by Gasteiger charge is -2.39. The number of anilines is 2. The Morgan fingerprint density at radius 1 is 1.09 bits per heavy atom. The number of fused-ring (bicyclic) bond motifs is 2. The van der Waals surface area contributed by atoms with Gasteiger partial charge in [0, 0.05) is 31.1 Å². The third-order valence-electron chi connectivity index (χ3n) is 10.1. The molecule has 252 valence electrons. The number of benzene rings is 1. The summed E-state index contributed by atoms with van der Waals surface area (Å²) in [4.78, 5) is 34.6. The number of carbonyl (C=O) groups excluding carboxylic acids is 1. The zero-order valence-corrected chi connectivity index (χ0v) is 26.5. The van der Waals surface area contributed by atoms with Crippen LogP contribution in [0, 0.1) is 5.92 Å². The van der Waals surface area contributed by atoms with Gasteiger partial charge in [0.05, 0.1) is 18.4 Å². The van der Waals surface area contributed by atoms with E-state index in [-0.39, 0.29) is 48.7 Å². The van der Waals surface area contributed by atoms with Gasteiger partial charge in [-0.15, -0.1) is 0 Å². The van der Waals surface area contributed by atoms with Crippen LogP contribution in [0.5, 0.6) is 11.5 Å². The molecule has 3 aliphatic heterocycles. The first-order valence-corrected chi connectivity index (χ1v) is 16.8. The number of halogens is 3. The number of rotatable bonds is 8. The van der Waals surface area contributed by atoms with Crippen molar-refractivity contribution >= 4 is 17.4 Å². The molecule has 2 aromatic rings. The fourth-order valence-electron chi connectivity index (χ4n) is 7.57. The van der Waals surface area contributed by atoms with Crippen molar-refractivity contribution in [3.63, 3.8) is 0 Å². The molecular formula is C33H46F3N7O3. The standard InChI is InChI=1S/C33H46F3N7O3/c1-21(17-33(34,35)36)18-42(26-8-12-38-13-9-26)30(44)20-41-14-10-22(11-15-41)23-2-7-28-27(16-23)39-31-29(46-28)19-43(32(45)40-31)25-5-3-24(37)4-6-25/h2,7,16,19,21-22,24-26,38H,3-6,8-15,17-18,20,37H2,1H3,(H,39,40,45). The minimum absolute atomic E-state index is 0.0270. The summed E-state index contributed by atoms with van der Waals surface area (Å²) in [5.41, 5.74) is 7.66. The van der Waals surface area contributed by atoms with E-state index < -0.39 is 18.5 Å². The first kappa shape index (κ1) is 32.8. The van der Waals surface area contributed by atoms with E-state index in [0.717, 1.165) is 88.8 Å². The van der Waals surface area contributed by atoms with Crippen molar-refractivity contribution in [2.24, 2.45) is 11.7 Å². The Kier molecular flexibility index (Phi) is 9.91. The number of ether oxygens (including phenoxy) is 1. The van der Waals surface area contributed by atoms with E-state index in [1.165, 1.54) is 0 Å². The molecule has 6 rings (SSSR count). The Morgan fingerprint density at radius 3 is 2.50 bits per heavy atom. The van der Waals surface area contributed by atoms with Crippen LogP contribution in [0.3, 0.4) is 0 Å². The summed E-state index contributed by atoms with van der Waals surface area (Å²) < 4.78 is 47.0. The molecule has 10 nitrogen and oxygen atoms in total. The molecule has 46 heavy (non-hydrogen) atoms. The summed E-state index contributed by atoms with van der Waals surface area (Å²) in [6.45, 7) is 4.93. The van der Waals surface area contributed by atoms with Crippen molar-refractivity contribution in [2.45, 2.75) is 94.9 Å². The van der Waals surface area contributed by atoms with E-state index in [1.54, 1.807) is 22.6 Å². The number of alkyl halides is 3. The van der Waals surface area contributed by atoms with Crippen LogP contribution in [-0.4, -0.2) is 82.8 Å². The predicted octanol–water partition coefficient (Wildman–Crippen LogP) is 4.88. The van der Waals surface area contributed by atoms with E-state index in [2.05, 4.69) is 32.7 Å². The molecule has 1 aliphatic carbocycles. The van der Waals surface area contributed by atoms with Crippen LogP contribution in [0.4, 0.5) is 24.7 Å². The molecule has 1 aromatic carbocycles. The third-order valence-corrected chi connectivity index (χ3v) is 10.1. The second-order valence-electron chi connectivity index (χ2n) is 13.7. The second-order valence-corrected chi connectivity index (χ2v) is 13.7. The molecule has 1 aromatic heterocycles. The number of nitrogens with one attached hydrogen (secondary N) is 2. The van der Waals surface area contributed by atoms with Crippen LogP contribution in [0.1, 0.15) is 82.2 Å². The quantitative estimate of drug-likeness (QED) is 0.317. The zero-order chi connectivity index (χ0) is 32.4. The number of hydrogen-bond donors (Lipinski definition) is 3. The Balaban J connectivity index is 1.06. The van der Waals surface area contributed by atoms with Gasteiger partial charge in [-0.05, 0) is 107 Å². The van der Waals surface area contributed by atoms with Crippen LogP contribution in [-0.2, 0) is 4.79 Å². The average Bonchev–Trinajstić information content (AvgIpc) is 3.02. The van der Waals surface area contributed by atoms with Gasteiger partial charge in [0.1, 0.15) is 0 Å². The summed E-state index contributed by atoms with van der Waals surface area (Å²) in [5, 5.41) is 6.58. The maximum Gasteiger partial charge on any atom is 0.389 e. The molecule has 4 aliphatic rings. The fraction of sp³-hybridized carbons (Fsp3) is 0.667. The van der Waals surface area contributed by atoms with Gasteiger partial charge in [-0.3, -0.25) is 14.3 Å². The van der Waals surface area contributed by atoms with Crippen LogP contribution >= 0.6 is 0 Å². The highest BCUT2D eigenvalue weighted by atomic mass is 19.4. The number of likely N-dealkylation sites (tertiary alicyclic amines) is 1. The van der Waals surface area contributed by atoms with E-state index in [4.69, 9.17) is 10.5 Å². The van der Waals surface area contributed by atoms with Crippen molar-refractivity contribution < 1.29 is 22.7 Å². The number of piperidine rings is 2. The molecule has 0 radical (unpaired) electrons. The summed E-state index contributed by atoms with van der Waals surface area (Å²) >= 11 is 0. The third kappa shape index (κ3) is 7.86. The SMILES string of the molecule is CC(CN(C(=O)CN1CCC(c2ccc3c(c2)Nc2nc(=O)n(C4CCC(N)CC4)cc2O3)CC1)C1CCNCC1)CC(F)(F)F. The highest BCUT2D eigenvalue weighted by molar-refractivity contribution is 5.78. The van der Waals surface area contributed by atoms with Gasteiger partial charge in [-0.25, -0.2) is 4.79 Å². The Bertz CT molecular complexity index is 1430. The normalized spacial score (nSPS) is 23.5. The molecule has 1 amide bonds. The number of amides is 1. The maximum atomic E-state index is 13.5. The molecule has 3 fully saturated rings. The summed E-state index contributed by atoms with van der Waals surface area (Å²) in [5.74, 6) is 1.17. The second kappa shape index (κ2) is 13.9. The number of aromatic nitrogens is 2. The van der Waals surface area contributed by atoms with Crippen LogP contribution in [0.15, 0.2) is 29.2 Å². The number of carbonyl (C=O) groups is 1. The number of nitrogens with zero attached hydrogens (tertiary/aromatic N) is 4. The lowest BCUT2D eigenvalue weighted by Crippen LogP contribution is -2.51. The molecule has 1 saturated carbocycles. The lowest BCUT2D eigenvalue weighted by molar-refractivity contribution is -0.150. The average molecular weight is 646 g/mol. The monoisotopic (exact) mass is 645 g/mol. The summed E-state index contributed by atoms with van der Waals surface area (Å²) in [7, 11) is 0. The summed E-state index contributed by atoms with van der Waals surface area (Å²) in [6.07, 6.45) is 3.33. The predicted molar refractivity (Wildman–Crippen MR) is 170 cm³/mol. The highest BCUT2D eigenvalue weighted by Gasteiger charge is 2.34. The minimum Gasteiger partial charge on any atom is -0.450 e. The summed E-state index contributed by atoms with van der Waals surface area (Å²) in [6, 6.07) is 6.31. The largest absolute Gasteiger partial charge is 0.450 e. The van der Waals surface area contributed by atoms with Gasteiger partial charge < -0.3 is 26.0 Å². The Hall–Kier alpha value is -3.16. The molecule has 13 heteroatoms. The molecule has 1 unspecified atom stereocenters. The van der Waals surface area contributed by atoms with Crippen LogP contribution in [0.25, 0.3) is 0 Å². The van der Waals surface area contributed by atoms with Crippen LogP contribution in [0.2, 0.25) is 0 Å². The van der Waals surface area contributed by atoms with Crippen molar-refractivity contribution in [1.82, 2.24) is 24.7 Å². The zero-order valence-electron chi connectivity index (χ0n) is 26.5. The smallest absolute Gasteiger partial charge is 0.389 e. The maximum absolute atomic E-state index is 13.5. The van der Waals surface area contributed by atoms with Crippen molar-refractivity contribution in [2.75, 3.05) is 44.6 Å². The highest BCUT2D eigenvalue weighted by Crippen LogP contribution is 2.43. The van der Waals surface area contributed by atoms with Gasteiger partial charge in [-0.1, -0.05) is 13.0 Å². The van der Waals surface area contributed by atoms with E-state index in [1.807, 2.05) is 6.07 Å². The van der Waals surface area contributed by atoms with Crippen molar-refractivity contribution in [3.8, 4) is 11.5 Å². The number of nitrogens with two attached hydrogens (primary N) is 1.